The lowest BCUT2D eigenvalue weighted by atomic mass is 9.87. The van der Waals surface area contributed by atoms with E-state index in [-0.39, 0.29) is 90.6 Å². The summed E-state index contributed by atoms with van der Waals surface area (Å²) >= 11 is 0. The number of carbonyl (C=O) groups is 3. The van der Waals surface area contributed by atoms with Gasteiger partial charge in [0.1, 0.15) is 29.0 Å². The Morgan fingerprint density at radius 3 is 1.11 bits per heavy atom. The highest BCUT2D eigenvalue weighted by Gasteiger charge is 2.42. The fourth-order valence-electron chi connectivity index (χ4n) is 17.3. The number of hydrogen-bond donors (Lipinski definition) is 2. The van der Waals surface area contributed by atoms with Crippen LogP contribution in [0.2, 0.25) is 0 Å². The molecule has 0 bridgehead atoms. The SMILES string of the molecule is COCC[C@@H]1C[C@@H](CC(=O)Cc2c(C)c(-c3ccc(OC)nc3)nn2-c2ccccc2)[C@H](c2ccc(F)c(F)c2)N1.COCC[C@@H]1C[C@@H](CC(=O)Cc2c(C)c(-c3cnc(C)nc3)nn2-c2ccccc2)[C@H](c2ccc(F)c(F)c2)N1.COCC[C@@H]1C[C@@H](CC(=O)Cc2c(C)c(-c3cnc(C)nc3)nn2-c2ccccc2)[C@H](c2ccc(F)c(F)c2)N1C. The molecule has 3 saturated heterocycles. The molecule has 6 aromatic heterocycles. The van der Waals surface area contributed by atoms with Crippen molar-refractivity contribution in [1.82, 2.24) is 69.8 Å². The third kappa shape index (κ3) is 21.1. The zero-order valence-corrected chi connectivity index (χ0v) is 70.2. The van der Waals surface area contributed by atoms with Gasteiger partial charge in [-0.3, -0.25) is 19.3 Å². The maximum atomic E-state index is 14.3. The van der Waals surface area contributed by atoms with Gasteiger partial charge in [0, 0.05) is 170 Å². The number of likely N-dealkylation sites (tertiary alicyclic amines) is 1. The summed E-state index contributed by atoms with van der Waals surface area (Å²) in [5, 5.41) is 21.7. The zero-order valence-electron chi connectivity index (χ0n) is 70.2. The minimum atomic E-state index is -0.891. The maximum absolute atomic E-state index is 14.3. The van der Waals surface area contributed by atoms with E-state index in [9.17, 15) is 40.7 Å². The Morgan fingerprint density at radius 1 is 0.402 bits per heavy atom. The summed E-state index contributed by atoms with van der Waals surface area (Å²) in [6, 6.07) is 44.5. The number of carbonyl (C=O) groups excluding carboxylic acids is 3. The molecule has 0 radical (unpaired) electrons. The van der Waals surface area contributed by atoms with Gasteiger partial charge in [0.2, 0.25) is 5.88 Å². The molecule has 122 heavy (non-hydrogen) atoms. The summed E-state index contributed by atoms with van der Waals surface area (Å²) in [4.78, 5) is 64.9. The van der Waals surface area contributed by atoms with E-state index >= 15 is 0 Å². The van der Waals surface area contributed by atoms with Crippen LogP contribution in [-0.2, 0) is 47.9 Å². The lowest BCUT2D eigenvalue weighted by molar-refractivity contribution is -0.120. The Kier molecular flexibility index (Phi) is 29.5. The van der Waals surface area contributed by atoms with E-state index < -0.39 is 34.9 Å². The molecule has 12 aromatic rings. The first-order valence-electron chi connectivity index (χ1n) is 41.1. The van der Waals surface area contributed by atoms with Gasteiger partial charge in [-0.1, -0.05) is 72.8 Å². The molecule has 2 N–H and O–H groups in total. The molecule has 6 aromatic carbocycles. The number of ketones is 3. The van der Waals surface area contributed by atoms with Crippen molar-refractivity contribution in [2.45, 2.75) is 148 Å². The van der Waals surface area contributed by atoms with E-state index in [0.29, 0.717) is 73.3 Å². The van der Waals surface area contributed by atoms with E-state index in [1.807, 2.05) is 153 Å². The average Bonchev–Trinajstić information content (AvgIpc) is 1.64. The maximum Gasteiger partial charge on any atom is 0.212 e. The molecular weight excluding hydrogens is 1560 g/mol. The molecule has 21 nitrogen and oxygen atoms in total. The predicted molar refractivity (Wildman–Crippen MR) is 453 cm³/mol. The number of aryl methyl sites for hydroxylation is 2. The molecule has 15 rings (SSSR count). The van der Waals surface area contributed by atoms with E-state index in [0.717, 1.165) is 141 Å². The van der Waals surface area contributed by atoms with Gasteiger partial charge >= 0.3 is 0 Å². The summed E-state index contributed by atoms with van der Waals surface area (Å²) < 4.78 is 110. The van der Waals surface area contributed by atoms with Crippen LogP contribution < -0.4 is 15.4 Å². The van der Waals surface area contributed by atoms with Crippen molar-refractivity contribution in [2.24, 2.45) is 17.8 Å². The molecule has 3 aliphatic heterocycles. The van der Waals surface area contributed by atoms with Crippen LogP contribution in [-0.4, -0.2) is 150 Å². The Hall–Kier alpha value is -11.6. The van der Waals surface area contributed by atoms with Gasteiger partial charge in [-0.15, -0.1) is 0 Å². The molecule has 3 fully saturated rings. The number of benzene rings is 6. The molecule has 9 atom stereocenters. The van der Waals surface area contributed by atoms with Gasteiger partial charge in [-0.2, -0.15) is 15.3 Å². The highest BCUT2D eigenvalue weighted by atomic mass is 19.2. The van der Waals surface area contributed by atoms with Crippen LogP contribution in [0.15, 0.2) is 189 Å². The normalized spacial score (nSPS) is 18.8. The monoisotopic (exact) mass is 1660 g/mol. The zero-order chi connectivity index (χ0) is 86.3. The van der Waals surface area contributed by atoms with Gasteiger partial charge in [0.25, 0.3) is 0 Å². The Balaban J connectivity index is 0.000000158. The number of aromatic nitrogens is 11. The van der Waals surface area contributed by atoms with Gasteiger partial charge in [-0.25, -0.2) is 65.3 Å². The first-order chi connectivity index (χ1) is 59.0. The molecule has 0 unspecified atom stereocenters. The molecule has 0 amide bonds. The van der Waals surface area contributed by atoms with Gasteiger partial charge in [0.05, 0.1) is 58.3 Å². The molecule has 9 heterocycles. The van der Waals surface area contributed by atoms with E-state index in [1.54, 1.807) is 83.7 Å². The Morgan fingerprint density at radius 2 is 0.754 bits per heavy atom. The molecule has 3 aliphatic rings. The van der Waals surface area contributed by atoms with Crippen LogP contribution in [0.1, 0.15) is 138 Å². The molecule has 0 spiro atoms. The number of Topliss-reactive ketones (excluding diaryl/α,β-unsaturated/α-hetero) is 3. The van der Waals surface area contributed by atoms with Crippen LogP contribution in [0, 0.1) is 87.3 Å². The van der Waals surface area contributed by atoms with Crippen molar-refractivity contribution in [2.75, 3.05) is 55.3 Å². The number of para-hydroxylation sites is 3. The Bertz CT molecular complexity index is 5550. The average molecular weight is 1670 g/mol. The smallest absolute Gasteiger partial charge is 0.212 e. The summed E-state index contributed by atoms with van der Waals surface area (Å²) in [5.74, 6) is -3.49. The molecular formula is C95H102F6N14O7. The minimum absolute atomic E-state index is 0.0522. The summed E-state index contributed by atoms with van der Waals surface area (Å²) in [5.41, 5.74) is 14.2. The van der Waals surface area contributed by atoms with Crippen LogP contribution in [0.5, 0.6) is 5.88 Å². The van der Waals surface area contributed by atoms with E-state index in [1.165, 1.54) is 18.2 Å². The van der Waals surface area contributed by atoms with E-state index in [2.05, 4.69) is 40.5 Å². The largest absolute Gasteiger partial charge is 0.481 e. The second-order valence-corrected chi connectivity index (χ2v) is 31.7. The minimum Gasteiger partial charge on any atom is -0.481 e. The standard InChI is InChI=1S/C32H35F2N5O2.C32H34F2N4O3.C31H33F2N5O2/c1-20-30(39(25-8-6-5-7-9-25)37-31(20)24-18-35-21(2)36-19-24)17-27(40)15-23-14-26(12-13-41-4)38(3)32(23)22-10-11-28(33)29(34)16-22;1-20-29(38(25-7-5-4-6-8-25)37-31(20)22-10-12-30(41-3)35-19-22)18-26(39)16-23-15-24(13-14-40-2)36-32(23)21-9-11-27(33)28(34)17-21;1-19-29(38(25-7-5-4-6-8-25)37-30(19)23-17-34-20(2)35-18-23)16-26(39)14-22-13-24(11-12-40-3)36-31(22)21-9-10-27(32)28(33)15-21/h5-11,16,18-19,23,26,32H,12-15,17H2,1-4H3;4-12,17,19,23-24,32,36H,13-16,18H2,1-3H3;4-10,15,17-18,22,24,31,36H,11-14,16H2,1-3H3/t23-,26+,32-;23-,24+,32-;22-,24+,31-/m000/s1. The fourth-order valence-corrected chi connectivity index (χ4v) is 17.3. The lowest BCUT2D eigenvalue weighted by Gasteiger charge is -2.28. The third-order valence-corrected chi connectivity index (χ3v) is 23.5. The van der Waals surface area contributed by atoms with Gasteiger partial charge < -0.3 is 29.6 Å². The number of rotatable bonds is 31. The molecule has 27 heteroatoms. The number of hydrogen-bond acceptors (Lipinski definition) is 18. The lowest BCUT2D eigenvalue weighted by Crippen LogP contribution is -2.29. The topological polar surface area (TPSA) is 233 Å². The fraction of sp³-hybridized carbons (Fsp3) is 0.358. The summed E-state index contributed by atoms with van der Waals surface area (Å²) in [6.45, 7) is 11.3. The van der Waals surface area contributed by atoms with Crippen molar-refractivity contribution in [3.63, 3.8) is 0 Å². The number of nitrogens with zero attached hydrogens (tertiary/aromatic N) is 12. The van der Waals surface area contributed by atoms with Crippen LogP contribution in [0.25, 0.3) is 50.8 Å². The van der Waals surface area contributed by atoms with Crippen LogP contribution in [0.3, 0.4) is 0 Å². The first-order valence-corrected chi connectivity index (χ1v) is 41.1. The number of nitrogens with one attached hydrogen (secondary N) is 2. The van der Waals surface area contributed by atoms with Crippen molar-refractivity contribution < 1.29 is 59.7 Å². The second-order valence-electron chi connectivity index (χ2n) is 31.7. The number of pyridine rings is 1. The van der Waals surface area contributed by atoms with Gasteiger partial charge in [-0.05, 0) is 210 Å². The highest BCUT2D eigenvalue weighted by Crippen LogP contribution is 2.45. The second kappa shape index (κ2) is 40.9. The van der Waals surface area contributed by atoms with Gasteiger partial charge in [0.15, 0.2) is 34.9 Å². The summed E-state index contributed by atoms with van der Waals surface area (Å²) in [7, 11) is 8.52. The predicted octanol–water partition coefficient (Wildman–Crippen LogP) is 17.1. The van der Waals surface area contributed by atoms with Crippen molar-refractivity contribution in [1.29, 1.82) is 0 Å². The quantitative estimate of drug-likeness (QED) is 0.0384. The number of ether oxygens (including phenoxy) is 4. The molecule has 0 aliphatic carbocycles. The number of methoxy groups -OCH3 is 4. The Labute approximate surface area is 706 Å². The first kappa shape index (κ1) is 88.2. The molecule has 636 valence electrons. The highest BCUT2D eigenvalue weighted by molar-refractivity contribution is 5.84. The summed E-state index contributed by atoms with van der Waals surface area (Å²) in [6.07, 6.45) is 14.7. The van der Waals surface area contributed by atoms with Crippen molar-refractivity contribution in [3.8, 4) is 56.7 Å². The van der Waals surface area contributed by atoms with E-state index in [4.69, 9.17) is 34.2 Å². The molecule has 0 saturated carbocycles. The van der Waals surface area contributed by atoms with Crippen molar-refractivity contribution in [3.05, 3.63) is 286 Å². The van der Waals surface area contributed by atoms with Crippen LogP contribution in [0.4, 0.5) is 26.3 Å². The number of halogens is 6. The van der Waals surface area contributed by atoms with Crippen molar-refractivity contribution >= 4 is 17.3 Å². The van der Waals surface area contributed by atoms with Crippen LogP contribution >= 0.6 is 0 Å². The third-order valence-electron chi connectivity index (χ3n) is 23.5.